The summed E-state index contributed by atoms with van der Waals surface area (Å²) in [5.74, 6) is 0.953. The lowest BCUT2D eigenvalue weighted by atomic mass is 9.92. The van der Waals surface area contributed by atoms with Crippen molar-refractivity contribution in [3.8, 4) is 5.75 Å². The van der Waals surface area contributed by atoms with E-state index in [1.165, 1.54) is 31.2 Å². The predicted octanol–water partition coefficient (Wildman–Crippen LogP) is 2.74. The standard InChI is InChI=1S/C15H23NO2/c1-17-14-9-5-3-7-12(14)11-16-13-8-4-6-10-15(13)18-2/h3,5,7,9,13,15-16H,4,6,8,10-11H2,1-2H3/t13-,15-/m1/s1. The number of rotatable bonds is 5. The van der Waals surface area contributed by atoms with E-state index in [-0.39, 0.29) is 0 Å². The van der Waals surface area contributed by atoms with Gasteiger partial charge < -0.3 is 14.8 Å². The smallest absolute Gasteiger partial charge is 0.123 e. The number of hydrogen-bond acceptors (Lipinski definition) is 3. The van der Waals surface area contributed by atoms with Gasteiger partial charge in [-0.05, 0) is 18.9 Å². The largest absolute Gasteiger partial charge is 0.496 e. The summed E-state index contributed by atoms with van der Waals surface area (Å²) in [5.41, 5.74) is 1.21. The van der Waals surface area contributed by atoms with Gasteiger partial charge in [-0.2, -0.15) is 0 Å². The zero-order valence-electron chi connectivity index (χ0n) is 11.3. The van der Waals surface area contributed by atoms with Gasteiger partial charge in [-0.3, -0.25) is 0 Å². The number of hydrogen-bond donors (Lipinski definition) is 1. The molecule has 1 N–H and O–H groups in total. The highest BCUT2D eigenvalue weighted by molar-refractivity contribution is 5.33. The van der Waals surface area contributed by atoms with Gasteiger partial charge in [0.1, 0.15) is 5.75 Å². The van der Waals surface area contributed by atoms with Crippen LogP contribution in [0.2, 0.25) is 0 Å². The summed E-state index contributed by atoms with van der Waals surface area (Å²) in [6.07, 6.45) is 5.30. The van der Waals surface area contributed by atoms with Gasteiger partial charge in [0, 0.05) is 25.3 Å². The van der Waals surface area contributed by atoms with Crippen molar-refractivity contribution in [2.45, 2.75) is 44.4 Å². The van der Waals surface area contributed by atoms with Gasteiger partial charge in [0.2, 0.25) is 0 Å². The average molecular weight is 249 g/mol. The molecule has 0 saturated heterocycles. The number of para-hydroxylation sites is 1. The summed E-state index contributed by atoms with van der Waals surface area (Å²) >= 11 is 0. The highest BCUT2D eigenvalue weighted by atomic mass is 16.5. The molecule has 18 heavy (non-hydrogen) atoms. The first-order valence-electron chi connectivity index (χ1n) is 6.73. The second kappa shape index (κ2) is 6.76. The molecule has 0 bridgehead atoms. The average Bonchev–Trinajstić information content (AvgIpc) is 2.45. The molecular formula is C15H23NO2. The Hall–Kier alpha value is -1.06. The van der Waals surface area contributed by atoms with Crippen LogP contribution in [0.5, 0.6) is 5.75 Å². The molecule has 1 aromatic carbocycles. The van der Waals surface area contributed by atoms with Gasteiger partial charge in [0.05, 0.1) is 13.2 Å². The number of nitrogens with one attached hydrogen (secondary N) is 1. The fourth-order valence-corrected chi connectivity index (χ4v) is 2.70. The van der Waals surface area contributed by atoms with E-state index in [4.69, 9.17) is 9.47 Å². The van der Waals surface area contributed by atoms with Gasteiger partial charge in [-0.25, -0.2) is 0 Å². The summed E-state index contributed by atoms with van der Waals surface area (Å²) in [5, 5.41) is 3.61. The molecule has 0 amide bonds. The van der Waals surface area contributed by atoms with E-state index < -0.39 is 0 Å². The van der Waals surface area contributed by atoms with Crippen molar-refractivity contribution in [1.29, 1.82) is 0 Å². The van der Waals surface area contributed by atoms with Crippen LogP contribution in [-0.2, 0) is 11.3 Å². The van der Waals surface area contributed by atoms with Crippen molar-refractivity contribution >= 4 is 0 Å². The van der Waals surface area contributed by atoms with E-state index in [2.05, 4.69) is 11.4 Å². The molecule has 2 rings (SSSR count). The fraction of sp³-hybridized carbons (Fsp3) is 0.600. The Bertz CT molecular complexity index is 367. The third-order valence-electron chi connectivity index (χ3n) is 3.75. The van der Waals surface area contributed by atoms with Crippen LogP contribution >= 0.6 is 0 Å². The number of benzene rings is 1. The van der Waals surface area contributed by atoms with E-state index in [1.54, 1.807) is 7.11 Å². The molecule has 1 aromatic rings. The molecule has 1 aliphatic rings. The first-order valence-corrected chi connectivity index (χ1v) is 6.73. The van der Waals surface area contributed by atoms with Crippen LogP contribution in [0, 0.1) is 0 Å². The van der Waals surface area contributed by atoms with Crippen molar-refractivity contribution in [3.63, 3.8) is 0 Å². The summed E-state index contributed by atoms with van der Waals surface area (Å²) in [6.45, 7) is 0.842. The van der Waals surface area contributed by atoms with Crippen molar-refractivity contribution in [1.82, 2.24) is 5.32 Å². The molecule has 0 unspecified atom stereocenters. The van der Waals surface area contributed by atoms with Gasteiger partial charge in [-0.1, -0.05) is 31.0 Å². The molecule has 0 aliphatic heterocycles. The van der Waals surface area contributed by atoms with Crippen LogP contribution < -0.4 is 10.1 Å². The van der Waals surface area contributed by atoms with Crippen molar-refractivity contribution < 1.29 is 9.47 Å². The first kappa shape index (κ1) is 13.4. The van der Waals surface area contributed by atoms with Gasteiger partial charge in [0.25, 0.3) is 0 Å². The monoisotopic (exact) mass is 249 g/mol. The Balaban J connectivity index is 1.93. The Morgan fingerprint density at radius 3 is 2.72 bits per heavy atom. The summed E-state index contributed by atoms with van der Waals surface area (Å²) in [6, 6.07) is 8.63. The minimum atomic E-state index is 0.355. The lowest BCUT2D eigenvalue weighted by molar-refractivity contribution is 0.0412. The minimum Gasteiger partial charge on any atom is -0.496 e. The maximum atomic E-state index is 5.55. The molecule has 3 heteroatoms. The third-order valence-corrected chi connectivity index (χ3v) is 3.75. The topological polar surface area (TPSA) is 30.5 Å². The summed E-state index contributed by atoms with van der Waals surface area (Å²) in [4.78, 5) is 0. The van der Waals surface area contributed by atoms with Crippen LogP contribution in [0.15, 0.2) is 24.3 Å². The highest BCUT2D eigenvalue weighted by Crippen LogP contribution is 2.22. The van der Waals surface area contributed by atoms with Gasteiger partial charge in [0.15, 0.2) is 0 Å². The molecule has 3 nitrogen and oxygen atoms in total. The maximum Gasteiger partial charge on any atom is 0.123 e. The Kier molecular flexibility index (Phi) is 5.02. The molecule has 1 saturated carbocycles. The van der Waals surface area contributed by atoms with Crippen LogP contribution in [-0.4, -0.2) is 26.4 Å². The van der Waals surface area contributed by atoms with Crippen molar-refractivity contribution in [2.75, 3.05) is 14.2 Å². The zero-order chi connectivity index (χ0) is 12.8. The number of methoxy groups -OCH3 is 2. The van der Waals surface area contributed by atoms with Crippen LogP contribution in [0.4, 0.5) is 0 Å². The maximum absolute atomic E-state index is 5.55. The Morgan fingerprint density at radius 2 is 1.94 bits per heavy atom. The fourth-order valence-electron chi connectivity index (χ4n) is 2.70. The molecule has 100 valence electrons. The van der Waals surface area contributed by atoms with Crippen molar-refractivity contribution in [3.05, 3.63) is 29.8 Å². The minimum absolute atomic E-state index is 0.355. The Morgan fingerprint density at radius 1 is 1.17 bits per heavy atom. The van der Waals surface area contributed by atoms with E-state index in [9.17, 15) is 0 Å². The SMILES string of the molecule is COc1ccccc1CN[C@@H]1CCCC[C@H]1OC. The van der Waals surface area contributed by atoms with Gasteiger partial charge >= 0.3 is 0 Å². The second-order valence-electron chi connectivity index (χ2n) is 4.86. The number of ether oxygens (including phenoxy) is 2. The predicted molar refractivity (Wildman–Crippen MR) is 72.9 cm³/mol. The molecule has 1 aliphatic carbocycles. The summed E-state index contributed by atoms with van der Waals surface area (Å²) < 4.78 is 10.9. The molecule has 1 fully saturated rings. The van der Waals surface area contributed by atoms with Crippen LogP contribution in [0.3, 0.4) is 0 Å². The van der Waals surface area contributed by atoms with E-state index in [0.29, 0.717) is 12.1 Å². The lowest BCUT2D eigenvalue weighted by Gasteiger charge is -2.31. The second-order valence-corrected chi connectivity index (χ2v) is 4.86. The third kappa shape index (κ3) is 3.24. The van der Waals surface area contributed by atoms with E-state index in [1.807, 2.05) is 25.3 Å². The normalized spacial score (nSPS) is 23.9. The quantitative estimate of drug-likeness (QED) is 0.870. The molecule has 0 radical (unpaired) electrons. The molecular weight excluding hydrogens is 226 g/mol. The summed E-state index contributed by atoms with van der Waals surface area (Å²) in [7, 11) is 3.53. The first-order chi connectivity index (χ1) is 8.85. The molecule has 2 atom stereocenters. The van der Waals surface area contributed by atoms with E-state index >= 15 is 0 Å². The highest BCUT2D eigenvalue weighted by Gasteiger charge is 2.24. The van der Waals surface area contributed by atoms with Crippen molar-refractivity contribution in [2.24, 2.45) is 0 Å². The van der Waals surface area contributed by atoms with Gasteiger partial charge in [-0.15, -0.1) is 0 Å². The Labute approximate surface area is 109 Å². The van der Waals surface area contributed by atoms with Crippen LogP contribution in [0.1, 0.15) is 31.2 Å². The zero-order valence-corrected chi connectivity index (χ0v) is 11.3. The van der Waals surface area contributed by atoms with Crippen LogP contribution in [0.25, 0.3) is 0 Å². The molecule has 0 spiro atoms. The van der Waals surface area contributed by atoms with E-state index in [0.717, 1.165) is 12.3 Å². The molecule has 0 aromatic heterocycles. The molecule has 0 heterocycles. The lowest BCUT2D eigenvalue weighted by Crippen LogP contribution is -2.42.